The quantitative estimate of drug-likeness (QED) is 0.727. The molecule has 0 bridgehead atoms. The first kappa shape index (κ1) is 12.0. The van der Waals surface area contributed by atoms with Gasteiger partial charge in [0.1, 0.15) is 0 Å². The second kappa shape index (κ2) is 5.27. The Kier molecular flexibility index (Phi) is 3.33. The van der Waals surface area contributed by atoms with Gasteiger partial charge in [0.2, 0.25) is 0 Å². The lowest BCUT2D eigenvalue weighted by Gasteiger charge is -1.91. The van der Waals surface area contributed by atoms with Crippen molar-refractivity contribution in [3.8, 4) is 22.9 Å². The number of hydrogen-bond donors (Lipinski definition) is 0. The molecule has 0 fully saturated rings. The molecule has 3 aromatic rings. The molecule has 0 saturated heterocycles. The Hall–Kier alpha value is -2.08. The molecule has 0 radical (unpaired) electrons. The van der Waals surface area contributed by atoms with Crippen LogP contribution in [-0.4, -0.2) is 21.6 Å². The third kappa shape index (κ3) is 2.53. The summed E-state index contributed by atoms with van der Waals surface area (Å²) in [7, 11) is 0. The van der Waals surface area contributed by atoms with Crippen LogP contribution in [0.5, 0.6) is 0 Å². The number of rotatable bonds is 4. The highest BCUT2D eigenvalue weighted by molar-refractivity contribution is 7.97. The maximum Gasteiger partial charge on any atom is 0.280 e. The molecule has 0 amide bonds. The van der Waals surface area contributed by atoms with Gasteiger partial charge in [0.15, 0.2) is 17.3 Å². The summed E-state index contributed by atoms with van der Waals surface area (Å²) < 4.78 is 10.4. The van der Waals surface area contributed by atoms with Crippen molar-refractivity contribution < 1.29 is 9.05 Å². The molecule has 2 aromatic heterocycles. The van der Waals surface area contributed by atoms with Crippen LogP contribution in [0, 0.1) is 0 Å². The van der Waals surface area contributed by atoms with E-state index in [2.05, 4.69) is 15.3 Å². The van der Waals surface area contributed by atoms with E-state index in [1.54, 1.807) is 17.8 Å². The first-order valence-corrected chi connectivity index (χ1v) is 7.10. The van der Waals surface area contributed by atoms with Crippen LogP contribution in [0.4, 0.5) is 0 Å². The van der Waals surface area contributed by atoms with E-state index in [9.17, 15) is 0 Å². The minimum absolute atomic E-state index is 0.384. The molecule has 3 rings (SSSR count). The van der Waals surface area contributed by atoms with Gasteiger partial charge in [-0.05, 0) is 6.26 Å². The first-order valence-electron chi connectivity index (χ1n) is 5.71. The number of thioether (sulfide) groups is 1. The van der Waals surface area contributed by atoms with E-state index in [0.29, 0.717) is 28.9 Å². The molecule has 0 aliphatic carbocycles. The largest absolute Gasteiger partial charge is 0.355 e. The third-order valence-electron chi connectivity index (χ3n) is 2.53. The normalized spacial score (nSPS) is 10.8. The molecular weight excluding hydrogens is 262 g/mol. The number of hydrogen-bond acceptors (Lipinski definition) is 6. The fourth-order valence-electron chi connectivity index (χ4n) is 1.66. The van der Waals surface area contributed by atoms with E-state index in [-0.39, 0.29) is 0 Å². The Morgan fingerprint density at radius 3 is 2.74 bits per heavy atom. The van der Waals surface area contributed by atoms with Crippen molar-refractivity contribution in [2.24, 2.45) is 0 Å². The van der Waals surface area contributed by atoms with E-state index in [1.807, 2.05) is 36.6 Å². The molecule has 0 aliphatic heterocycles. The Bertz CT molecular complexity index is 663. The third-order valence-corrected chi connectivity index (χ3v) is 3.08. The molecule has 2 heterocycles. The van der Waals surface area contributed by atoms with Crippen LogP contribution in [0.15, 0.2) is 45.4 Å². The Morgan fingerprint density at radius 2 is 1.95 bits per heavy atom. The summed E-state index contributed by atoms with van der Waals surface area (Å²) in [6.45, 7) is 0. The SMILES string of the molecule is CSCc1noc(-c2cc(-c3ccccc3)on2)n1. The van der Waals surface area contributed by atoms with Crippen LogP contribution in [0.2, 0.25) is 0 Å². The molecule has 96 valence electrons. The summed E-state index contributed by atoms with van der Waals surface area (Å²) in [4.78, 5) is 4.26. The predicted molar refractivity (Wildman–Crippen MR) is 72.5 cm³/mol. The van der Waals surface area contributed by atoms with Crippen molar-refractivity contribution in [2.75, 3.05) is 6.26 Å². The van der Waals surface area contributed by atoms with Gasteiger partial charge in [0, 0.05) is 11.6 Å². The highest BCUT2D eigenvalue weighted by atomic mass is 32.2. The molecule has 0 atom stereocenters. The summed E-state index contributed by atoms with van der Waals surface area (Å²) in [6.07, 6.45) is 1.99. The maximum absolute atomic E-state index is 5.29. The standard InChI is InChI=1S/C13H11N3O2S/c1-19-8-12-14-13(18-16-12)10-7-11(17-15-10)9-5-3-2-4-6-9/h2-7H,8H2,1H3. The smallest absolute Gasteiger partial charge is 0.280 e. The summed E-state index contributed by atoms with van der Waals surface area (Å²) >= 11 is 1.64. The van der Waals surface area contributed by atoms with Gasteiger partial charge in [0.25, 0.3) is 5.89 Å². The topological polar surface area (TPSA) is 65.0 Å². The molecule has 0 saturated carbocycles. The summed E-state index contributed by atoms with van der Waals surface area (Å²) in [5.41, 5.74) is 1.52. The van der Waals surface area contributed by atoms with E-state index >= 15 is 0 Å². The van der Waals surface area contributed by atoms with Gasteiger partial charge < -0.3 is 9.05 Å². The van der Waals surface area contributed by atoms with E-state index in [1.165, 1.54) is 0 Å². The molecule has 0 N–H and O–H groups in total. The fraction of sp³-hybridized carbons (Fsp3) is 0.154. The van der Waals surface area contributed by atoms with E-state index in [0.717, 1.165) is 5.56 Å². The van der Waals surface area contributed by atoms with Gasteiger partial charge in [-0.25, -0.2) is 0 Å². The molecule has 5 nitrogen and oxygen atoms in total. The first-order chi connectivity index (χ1) is 9.36. The van der Waals surface area contributed by atoms with Crippen molar-refractivity contribution >= 4 is 11.8 Å². The van der Waals surface area contributed by atoms with Gasteiger partial charge in [-0.15, -0.1) is 0 Å². The lowest BCUT2D eigenvalue weighted by Crippen LogP contribution is -1.82. The second-order valence-corrected chi connectivity index (χ2v) is 4.76. The predicted octanol–water partition coefficient (Wildman–Crippen LogP) is 3.25. The number of aromatic nitrogens is 3. The number of nitrogens with zero attached hydrogens (tertiary/aromatic N) is 3. The summed E-state index contributed by atoms with van der Waals surface area (Å²) in [5.74, 6) is 2.44. The molecule has 6 heteroatoms. The monoisotopic (exact) mass is 273 g/mol. The molecule has 0 spiro atoms. The Labute approximate surface area is 114 Å². The summed E-state index contributed by atoms with van der Waals surface area (Å²) in [5, 5.41) is 7.83. The molecular formula is C13H11N3O2S. The van der Waals surface area contributed by atoms with Crippen LogP contribution in [0.25, 0.3) is 22.9 Å². The van der Waals surface area contributed by atoms with Gasteiger partial charge in [-0.3, -0.25) is 0 Å². The van der Waals surface area contributed by atoms with E-state index < -0.39 is 0 Å². The van der Waals surface area contributed by atoms with Crippen molar-refractivity contribution in [2.45, 2.75) is 5.75 Å². The van der Waals surface area contributed by atoms with Crippen molar-refractivity contribution in [3.05, 3.63) is 42.2 Å². The molecule has 1 aromatic carbocycles. The molecule has 0 aliphatic rings. The Balaban J connectivity index is 1.88. The highest BCUT2D eigenvalue weighted by Crippen LogP contribution is 2.25. The minimum atomic E-state index is 0.384. The lowest BCUT2D eigenvalue weighted by molar-refractivity contribution is 0.408. The summed E-state index contributed by atoms with van der Waals surface area (Å²) in [6, 6.07) is 11.6. The van der Waals surface area contributed by atoms with Gasteiger partial charge in [-0.1, -0.05) is 40.6 Å². The van der Waals surface area contributed by atoms with Crippen LogP contribution in [0.1, 0.15) is 5.82 Å². The average Bonchev–Trinajstić information content (AvgIpc) is 3.08. The molecule has 19 heavy (non-hydrogen) atoms. The van der Waals surface area contributed by atoms with Crippen LogP contribution >= 0.6 is 11.8 Å². The zero-order valence-corrected chi connectivity index (χ0v) is 11.1. The van der Waals surface area contributed by atoms with Gasteiger partial charge >= 0.3 is 0 Å². The zero-order chi connectivity index (χ0) is 13.1. The van der Waals surface area contributed by atoms with Crippen LogP contribution in [0.3, 0.4) is 0 Å². The van der Waals surface area contributed by atoms with Crippen molar-refractivity contribution in [1.82, 2.24) is 15.3 Å². The van der Waals surface area contributed by atoms with Gasteiger partial charge in [-0.2, -0.15) is 16.7 Å². The average molecular weight is 273 g/mol. The van der Waals surface area contributed by atoms with Gasteiger partial charge in [0.05, 0.1) is 5.75 Å². The maximum atomic E-state index is 5.29. The minimum Gasteiger partial charge on any atom is -0.355 e. The van der Waals surface area contributed by atoms with Crippen LogP contribution < -0.4 is 0 Å². The number of benzene rings is 1. The van der Waals surface area contributed by atoms with Crippen molar-refractivity contribution in [1.29, 1.82) is 0 Å². The van der Waals surface area contributed by atoms with Crippen molar-refractivity contribution in [3.63, 3.8) is 0 Å². The highest BCUT2D eigenvalue weighted by Gasteiger charge is 2.14. The molecule has 0 unspecified atom stereocenters. The zero-order valence-electron chi connectivity index (χ0n) is 10.2. The fourth-order valence-corrected chi connectivity index (χ4v) is 2.04. The van der Waals surface area contributed by atoms with E-state index in [4.69, 9.17) is 9.05 Å². The Morgan fingerprint density at radius 1 is 1.11 bits per heavy atom. The van der Waals surface area contributed by atoms with Crippen LogP contribution in [-0.2, 0) is 5.75 Å². The lowest BCUT2D eigenvalue weighted by atomic mass is 10.2. The second-order valence-electron chi connectivity index (χ2n) is 3.89.